The number of amides is 3. The number of aliphatic hydroxyl groups excluding tert-OH is 1. The first-order chi connectivity index (χ1) is 27.4. The fourth-order valence-corrected chi connectivity index (χ4v) is 7.65. The van der Waals surface area contributed by atoms with E-state index in [0.717, 1.165) is 44.3 Å². The largest absolute Gasteiger partial charge is 0.462 e. The number of alkyl carbamates (subject to hydrolysis) is 1. The predicted octanol–water partition coefficient (Wildman–Crippen LogP) is 6.02. The summed E-state index contributed by atoms with van der Waals surface area (Å²) in [5.74, 6) is -2.16. The maximum absolute atomic E-state index is 13.9. The molecule has 56 heavy (non-hydrogen) atoms. The van der Waals surface area contributed by atoms with Crippen LogP contribution < -0.4 is 10.6 Å². The van der Waals surface area contributed by atoms with E-state index in [1.165, 1.54) is 0 Å². The second kappa shape index (κ2) is 18.0. The van der Waals surface area contributed by atoms with Gasteiger partial charge in [0.1, 0.15) is 19.3 Å². The van der Waals surface area contributed by atoms with Crippen molar-refractivity contribution >= 4 is 34.8 Å². The molecule has 1 aliphatic heterocycles. The molecule has 5 aromatic rings. The second-order valence-electron chi connectivity index (χ2n) is 14.3. The quantitative estimate of drug-likeness (QED) is 0.0952. The Labute approximate surface area is 325 Å². The number of aromatic amines is 1. The lowest BCUT2D eigenvalue weighted by Crippen LogP contribution is -2.47. The number of fused-ring (bicyclic) bond motifs is 4. The van der Waals surface area contributed by atoms with E-state index in [1.54, 1.807) is 17.1 Å². The van der Waals surface area contributed by atoms with E-state index in [1.807, 2.05) is 97.2 Å². The number of nitrogens with one attached hydrogen (secondary N) is 3. The number of hydrogen-bond acceptors (Lipinski definition) is 7. The Bertz CT molecular complexity index is 2150. The number of esters is 1. The molecular weight excluding hydrogens is 709 g/mol. The van der Waals surface area contributed by atoms with Crippen LogP contribution in [0.1, 0.15) is 47.4 Å². The lowest BCUT2D eigenvalue weighted by Gasteiger charge is -2.26. The van der Waals surface area contributed by atoms with Crippen LogP contribution in [0.4, 0.5) is 4.79 Å². The van der Waals surface area contributed by atoms with Crippen LogP contribution >= 0.6 is 0 Å². The van der Waals surface area contributed by atoms with Crippen LogP contribution in [0.3, 0.4) is 0 Å². The maximum Gasteiger partial charge on any atom is 0.407 e. The average molecular weight is 755 g/mol. The first-order valence-corrected chi connectivity index (χ1v) is 19.1. The Balaban J connectivity index is 1.07. The van der Waals surface area contributed by atoms with Crippen LogP contribution in [0, 0.1) is 5.92 Å². The van der Waals surface area contributed by atoms with Crippen molar-refractivity contribution in [3.8, 4) is 11.1 Å². The van der Waals surface area contributed by atoms with E-state index in [2.05, 4.69) is 27.8 Å². The molecule has 0 spiro atoms. The highest BCUT2D eigenvalue weighted by Gasteiger charge is 2.32. The van der Waals surface area contributed by atoms with Gasteiger partial charge in [-0.05, 0) is 58.7 Å². The smallest absolute Gasteiger partial charge is 0.407 e. The molecule has 2 aliphatic rings. The number of aliphatic hydroxyl groups is 1. The van der Waals surface area contributed by atoms with Crippen LogP contribution in [-0.2, 0) is 36.8 Å². The van der Waals surface area contributed by atoms with Gasteiger partial charge in [0.25, 0.3) is 0 Å². The first-order valence-electron chi connectivity index (χ1n) is 19.1. The van der Waals surface area contributed by atoms with Crippen molar-refractivity contribution in [3.05, 3.63) is 144 Å². The number of H-pyrrole nitrogens is 1. The number of carbonyl (C=O) groups excluding carboxylic acids is 4. The molecule has 1 aliphatic carbocycles. The fourth-order valence-electron chi connectivity index (χ4n) is 7.65. The van der Waals surface area contributed by atoms with Crippen molar-refractivity contribution in [2.45, 2.75) is 50.2 Å². The molecule has 11 nitrogen and oxygen atoms in total. The van der Waals surface area contributed by atoms with Gasteiger partial charge in [0.15, 0.2) is 0 Å². The second-order valence-corrected chi connectivity index (χ2v) is 14.3. The molecule has 0 saturated carbocycles. The van der Waals surface area contributed by atoms with Gasteiger partial charge in [0, 0.05) is 42.5 Å². The van der Waals surface area contributed by atoms with Crippen LogP contribution in [0.2, 0.25) is 0 Å². The normalized spacial score (nSPS) is 19.1. The molecule has 4 N–H and O–H groups in total. The number of aromatic nitrogens is 1. The number of carbonyl (C=O) groups is 4. The molecule has 0 saturated heterocycles. The fraction of sp³-hybridized carbons (Fsp3) is 0.289. The Morgan fingerprint density at radius 3 is 2.29 bits per heavy atom. The summed E-state index contributed by atoms with van der Waals surface area (Å²) in [5, 5.41) is 16.5. The number of cyclic esters (lactones) is 1. The zero-order valence-electron chi connectivity index (χ0n) is 31.1. The lowest BCUT2D eigenvalue weighted by molar-refractivity contribution is -0.147. The highest BCUT2D eigenvalue weighted by molar-refractivity contribution is 5.87. The van der Waals surface area contributed by atoms with Crippen molar-refractivity contribution in [2.24, 2.45) is 5.92 Å². The number of rotatable bonds is 11. The van der Waals surface area contributed by atoms with Crippen molar-refractivity contribution in [1.29, 1.82) is 0 Å². The van der Waals surface area contributed by atoms with Crippen molar-refractivity contribution in [3.63, 3.8) is 0 Å². The standard InChI is InChI=1S/C45H46N4O7/c50-23-22-49(27-30-12-2-1-3-13-30)42(51)25-31-14-4-10-21-41(44(53)55-28-33(47-43(31)52)24-32-26-46-40-20-11-9-15-34(32)40)48-45(54)56-29-39-37-18-7-5-16-35(37)36-17-6-8-19-38(36)39/h1-13,15-20,26,31,33,39,41,46,50H,14,21-25,27-29H2,(H,47,52)(H,48,54)/b10-4-/t31-,33+,41-/m0/s1. The minimum Gasteiger partial charge on any atom is -0.462 e. The van der Waals surface area contributed by atoms with E-state index in [-0.39, 0.29) is 63.4 Å². The molecule has 0 unspecified atom stereocenters. The monoisotopic (exact) mass is 754 g/mol. The Morgan fingerprint density at radius 1 is 0.857 bits per heavy atom. The third-order valence-electron chi connectivity index (χ3n) is 10.5. The van der Waals surface area contributed by atoms with Crippen LogP contribution in [-0.4, -0.2) is 77.3 Å². The summed E-state index contributed by atoms with van der Waals surface area (Å²) in [6, 6.07) is 31.7. The van der Waals surface area contributed by atoms with Gasteiger partial charge >= 0.3 is 12.1 Å². The van der Waals surface area contributed by atoms with E-state index >= 15 is 0 Å². The summed E-state index contributed by atoms with van der Waals surface area (Å²) in [4.78, 5) is 59.3. The zero-order chi connectivity index (χ0) is 38.9. The molecule has 0 bridgehead atoms. The van der Waals surface area contributed by atoms with Gasteiger partial charge < -0.3 is 35.1 Å². The highest BCUT2D eigenvalue weighted by atomic mass is 16.6. The number of nitrogens with zero attached hydrogens (tertiary/aromatic N) is 1. The van der Waals surface area contributed by atoms with Crippen LogP contribution in [0.15, 0.2) is 121 Å². The van der Waals surface area contributed by atoms with E-state index in [0.29, 0.717) is 13.0 Å². The molecule has 0 fully saturated rings. The van der Waals surface area contributed by atoms with Crippen molar-refractivity contribution in [1.82, 2.24) is 20.5 Å². The molecule has 288 valence electrons. The summed E-state index contributed by atoms with van der Waals surface area (Å²) in [5.41, 5.74) is 7.13. The van der Waals surface area contributed by atoms with Gasteiger partial charge in [-0.2, -0.15) is 0 Å². The molecule has 2 heterocycles. The van der Waals surface area contributed by atoms with Crippen LogP contribution in [0.5, 0.6) is 0 Å². The topological polar surface area (TPSA) is 150 Å². The number of para-hydroxylation sites is 1. The number of ether oxygens (including phenoxy) is 2. The highest BCUT2D eigenvalue weighted by Crippen LogP contribution is 2.44. The van der Waals surface area contributed by atoms with Gasteiger partial charge in [-0.3, -0.25) is 9.59 Å². The number of allylic oxidation sites excluding steroid dienone is 1. The van der Waals surface area contributed by atoms with Gasteiger partial charge in [0.05, 0.1) is 18.6 Å². The minimum atomic E-state index is -1.06. The Morgan fingerprint density at radius 2 is 1.54 bits per heavy atom. The Kier molecular flexibility index (Phi) is 12.2. The summed E-state index contributed by atoms with van der Waals surface area (Å²) in [6.07, 6.45) is 5.13. The summed E-state index contributed by atoms with van der Waals surface area (Å²) >= 11 is 0. The van der Waals surface area contributed by atoms with Gasteiger partial charge in [-0.25, -0.2) is 9.59 Å². The summed E-state index contributed by atoms with van der Waals surface area (Å²) in [6.45, 7) is 0.129. The first kappa shape index (κ1) is 38.1. The third-order valence-corrected chi connectivity index (χ3v) is 10.5. The van der Waals surface area contributed by atoms with Crippen molar-refractivity contribution in [2.75, 3.05) is 26.4 Å². The summed E-state index contributed by atoms with van der Waals surface area (Å²) < 4.78 is 11.6. The van der Waals surface area contributed by atoms with E-state index in [9.17, 15) is 24.3 Å². The van der Waals surface area contributed by atoms with E-state index in [4.69, 9.17) is 9.47 Å². The third kappa shape index (κ3) is 9.01. The molecular formula is C45H46N4O7. The van der Waals surface area contributed by atoms with Gasteiger partial charge in [0.2, 0.25) is 11.8 Å². The molecule has 11 heteroatoms. The zero-order valence-corrected chi connectivity index (χ0v) is 31.1. The average Bonchev–Trinajstić information content (AvgIpc) is 3.77. The molecule has 1 aromatic heterocycles. The molecule has 7 rings (SSSR count). The summed E-state index contributed by atoms with van der Waals surface area (Å²) in [7, 11) is 0. The Hall–Kier alpha value is -6.20. The molecule has 0 radical (unpaired) electrons. The lowest BCUT2D eigenvalue weighted by atomic mass is 9.96. The van der Waals surface area contributed by atoms with E-state index < -0.39 is 30.1 Å². The molecule has 4 aromatic carbocycles. The van der Waals surface area contributed by atoms with Crippen LogP contribution in [0.25, 0.3) is 22.0 Å². The maximum atomic E-state index is 13.9. The number of benzene rings is 4. The minimum absolute atomic E-state index is 0.0864. The van der Waals surface area contributed by atoms with Gasteiger partial charge in [-0.1, -0.05) is 109 Å². The molecule has 3 atom stereocenters. The SMILES string of the molecule is O=C(N[C@H]1C/C=C\C[C@@H](CC(=O)N(CCO)Cc2ccccc2)C(=O)N[C@H](Cc2c[nH]c3ccccc23)COC1=O)OCC1c2ccccc2-c2ccccc21. The number of hydrogen-bond donors (Lipinski definition) is 4. The van der Waals surface area contributed by atoms with Crippen molar-refractivity contribution < 1.29 is 33.8 Å². The predicted molar refractivity (Wildman–Crippen MR) is 212 cm³/mol. The molecule has 3 amide bonds. The van der Waals surface area contributed by atoms with Gasteiger partial charge in [-0.15, -0.1) is 0 Å².